The summed E-state index contributed by atoms with van der Waals surface area (Å²) in [6.07, 6.45) is 1.52. The summed E-state index contributed by atoms with van der Waals surface area (Å²) >= 11 is 3.48. The zero-order valence-corrected chi connectivity index (χ0v) is 20.9. The first-order chi connectivity index (χ1) is 17.2. The van der Waals surface area contributed by atoms with Crippen LogP contribution in [-0.4, -0.2) is 23.4 Å². The zero-order chi connectivity index (χ0) is 25.8. The molecule has 0 saturated heterocycles. The number of rotatable bonds is 8. The lowest BCUT2D eigenvalue weighted by Gasteiger charge is -2.15. The van der Waals surface area contributed by atoms with Gasteiger partial charge in [0.05, 0.1) is 16.0 Å². The van der Waals surface area contributed by atoms with E-state index in [1.54, 1.807) is 43.3 Å². The minimum Gasteiger partial charge on any atom is -0.490 e. The van der Waals surface area contributed by atoms with E-state index in [2.05, 4.69) is 20.9 Å². The molecule has 4 rings (SSSR count). The van der Waals surface area contributed by atoms with Gasteiger partial charge in [0.15, 0.2) is 17.2 Å². The fraction of sp³-hybridized carbons (Fsp3) is 0.154. The van der Waals surface area contributed by atoms with E-state index in [4.69, 9.17) is 14.2 Å². The van der Waals surface area contributed by atoms with Gasteiger partial charge in [0.2, 0.25) is 5.90 Å². The highest BCUT2D eigenvalue weighted by Gasteiger charge is 2.26. The Morgan fingerprint density at radius 3 is 2.58 bits per heavy atom. The summed E-state index contributed by atoms with van der Waals surface area (Å²) in [6, 6.07) is 13.9. The number of cyclic esters (lactones) is 1. The fourth-order valence-corrected chi connectivity index (χ4v) is 4.01. The molecule has 0 unspecified atom stereocenters. The molecule has 3 aromatic carbocycles. The second-order valence-corrected chi connectivity index (χ2v) is 8.63. The quantitative estimate of drug-likeness (QED) is 0.144. The standard InChI is InChI=1S/C26H20BrFN2O6/c1-3-34-23-12-17(10-20(27)24(23)35-14-16-5-8-19(28)9-6-16)11-21-26(31)36-25(29-21)18-7-4-15(2)22(13-18)30(32)33/h4-13H,3,14H2,1-2H3/b21-11-. The number of nitro benzene ring substituents is 1. The first-order valence-electron chi connectivity index (χ1n) is 10.9. The van der Waals surface area contributed by atoms with Crippen LogP contribution in [0.5, 0.6) is 11.5 Å². The van der Waals surface area contributed by atoms with Crippen molar-refractivity contribution in [2.75, 3.05) is 6.61 Å². The van der Waals surface area contributed by atoms with Gasteiger partial charge in [-0.05, 0) is 77.3 Å². The molecule has 10 heteroatoms. The van der Waals surface area contributed by atoms with E-state index in [1.165, 1.54) is 24.3 Å². The maximum absolute atomic E-state index is 13.2. The Labute approximate surface area is 214 Å². The highest BCUT2D eigenvalue weighted by molar-refractivity contribution is 9.10. The molecule has 36 heavy (non-hydrogen) atoms. The van der Waals surface area contributed by atoms with E-state index >= 15 is 0 Å². The molecule has 0 saturated carbocycles. The molecule has 0 aromatic heterocycles. The summed E-state index contributed by atoms with van der Waals surface area (Å²) in [5.41, 5.74) is 2.12. The normalized spacial score (nSPS) is 13.9. The van der Waals surface area contributed by atoms with E-state index < -0.39 is 10.9 Å². The third-order valence-electron chi connectivity index (χ3n) is 5.20. The molecule has 184 valence electrons. The van der Waals surface area contributed by atoms with Crippen molar-refractivity contribution >= 4 is 39.6 Å². The van der Waals surface area contributed by atoms with E-state index in [-0.39, 0.29) is 29.7 Å². The first kappa shape index (κ1) is 25.1. The number of aryl methyl sites for hydroxylation is 1. The molecule has 1 aliphatic rings. The minimum absolute atomic E-state index is 0.0160. The van der Waals surface area contributed by atoms with Gasteiger partial charge in [0, 0.05) is 17.2 Å². The lowest BCUT2D eigenvalue weighted by molar-refractivity contribution is -0.385. The number of carbonyl (C=O) groups is 1. The highest BCUT2D eigenvalue weighted by Crippen LogP contribution is 2.38. The van der Waals surface area contributed by atoms with Gasteiger partial charge in [0.25, 0.3) is 5.69 Å². The van der Waals surface area contributed by atoms with E-state index in [9.17, 15) is 19.3 Å². The molecule has 1 heterocycles. The summed E-state index contributed by atoms with van der Waals surface area (Å²) in [4.78, 5) is 27.4. The van der Waals surface area contributed by atoms with Gasteiger partial charge in [-0.2, -0.15) is 0 Å². The lowest BCUT2D eigenvalue weighted by Crippen LogP contribution is -2.06. The summed E-state index contributed by atoms with van der Waals surface area (Å²) in [6.45, 7) is 4.02. The lowest BCUT2D eigenvalue weighted by atomic mass is 10.1. The molecule has 0 atom stereocenters. The summed E-state index contributed by atoms with van der Waals surface area (Å²) < 4.78 is 30.7. The van der Waals surface area contributed by atoms with Crippen molar-refractivity contribution in [2.24, 2.45) is 4.99 Å². The van der Waals surface area contributed by atoms with Gasteiger partial charge < -0.3 is 14.2 Å². The van der Waals surface area contributed by atoms with Crippen molar-refractivity contribution in [3.63, 3.8) is 0 Å². The Morgan fingerprint density at radius 1 is 1.14 bits per heavy atom. The SMILES string of the molecule is CCOc1cc(/C=C2\N=C(c3ccc(C)c([N+](=O)[O-])c3)OC2=O)cc(Br)c1OCc1ccc(F)cc1. The van der Waals surface area contributed by atoms with Crippen LogP contribution in [0.4, 0.5) is 10.1 Å². The summed E-state index contributed by atoms with van der Waals surface area (Å²) in [7, 11) is 0. The predicted molar refractivity (Wildman–Crippen MR) is 134 cm³/mol. The Morgan fingerprint density at radius 2 is 1.89 bits per heavy atom. The fourth-order valence-electron chi connectivity index (χ4n) is 3.44. The zero-order valence-electron chi connectivity index (χ0n) is 19.3. The number of hydrogen-bond donors (Lipinski definition) is 0. The largest absolute Gasteiger partial charge is 0.490 e. The molecule has 0 N–H and O–H groups in total. The molecular weight excluding hydrogens is 535 g/mol. The molecule has 0 spiro atoms. The summed E-state index contributed by atoms with van der Waals surface area (Å²) in [5.74, 6) is -0.139. The van der Waals surface area contributed by atoms with Crippen molar-refractivity contribution in [1.29, 1.82) is 0 Å². The van der Waals surface area contributed by atoms with Gasteiger partial charge in [-0.25, -0.2) is 14.2 Å². The van der Waals surface area contributed by atoms with Gasteiger partial charge in [-0.3, -0.25) is 10.1 Å². The Hall–Kier alpha value is -4.05. The molecule has 0 fully saturated rings. The van der Waals surface area contributed by atoms with E-state index in [0.29, 0.717) is 39.3 Å². The van der Waals surface area contributed by atoms with E-state index in [1.807, 2.05) is 6.92 Å². The maximum atomic E-state index is 13.2. The third-order valence-corrected chi connectivity index (χ3v) is 5.79. The van der Waals surface area contributed by atoms with Gasteiger partial charge in [-0.1, -0.05) is 18.2 Å². The van der Waals surface area contributed by atoms with Gasteiger partial charge in [-0.15, -0.1) is 0 Å². The van der Waals surface area contributed by atoms with Crippen LogP contribution in [0.25, 0.3) is 6.08 Å². The Kier molecular flexibility index (Phi) is 7.44. The maximum Gasteiger partial charge on any atom is 0.363 e. The molecule has 0 bridgehead atoms. The molecule has 3 aromatic rings. The van der Waals surface area contributed by atoms with Crippen LogP contribution in [0.1, 0.15) is 29.2 Å². The van der Waals surface area contributed by atoms with Crippen molar-refractivity contribution in [3.8, 4) is 11.5 Å². The van der Waals surface area contributed by atoms with Crippen molar-refractivity contribution in [1.82, 2.24) is 0 Å². The van der Waals surface area contributed by atoms with Crippen LogP contribution in [0.3, 0.4) is 0 Å². The Balaban J connectivity index is 1.62. The monoisotopic (exact) mass is 554 g/mol. The Bertz CT molecular complexity index is 1400. The molecule has 8 nitrogen and oxygen atoms in total. The molecule has 1 aliphatic heterocycles. The van der Waals surface area contributed by atoms with Crippen molar-refractivity contribution < 1.29 is 28.3 Å². The smallest absolute Gasteiger partial charge is 0.363 e. The summed E-state index contributed by atoms with van der Waals surface area (Å²) in [5, 5.41) is 11.2. The van der Waals surface area contributed by atoms with Gasteiger partial charge >= 0.3 is 5.97 Å². The average molecular weight is 555 g/mol. The number of nitro groups is 1. The first-order valence-corrected chi connectivity index (χ1v) is 11.7. The number of esters is 1. The van der Waals surface area contributed by atoms with Crippen LogP contribution < -0.4 is 9.47 Å². The second kappa shape index (κ2) is 10.7. The number of aliphatic imine (C=N–C) groups is 1. The number of nitrogens with zero attached hydrogens (tertiary/aromatic N) is 2. The molecule has 0 radical (unpaired) electrons. The number of carbonyl (C=O) groups excluding carboxylic acids is 1. The van der Waals surface area contributed by atoms with Crippen LogP contribution in [0.2, 0.25) is 0 Å². The third kappa shape index (κ3) is 5.60. The van der Waals surface area contributed by atoms with Crippen molar-refractivity contribution in [2.45, 2.75) is 20.5 Å². The van der Waals surface area contributed by atoms with Crippen LogP contribution in [0.15, 0.2) is 69.8 Å². The average Bonchev–Trinajstić information content (AvgIpc) is 3.20. The van der Waals surface area contributed by atoms with E-state index in [0.717, 1.165) is 5.56 Å². The number of halogens is 2. The highest BCUT2D eigenvalue weighted by atomic mass is 79.9. The number of hydrogen-bond acceptors (Lipinski definition) is 7. The molecular formula is C26H20BrFN2O6. The second-order valence-electron chi connectivity index (χ2n) is 7.77. The topological polar surface area (TPSA) is 100 Å². The van der Waals surface area contributed by atoms with Crippen molar-refractivity contribution in [3.05, 3.63) is 103 Å². The molecule has 0 amide bonds. The predicted octanol–water partition coefficient (Wildman–Crippen LogP) is 6.13. The minimum atomic E-state index is -0.682. The van der Waals surface area contributed by atoms with Crippen LogP contribution in [0, 0.1) is 22.9 Å². The molecule has 0 aliphatic carbocycles. The van der Waals surface area contributed by atoms with Gasteiger partial charge in [0.1, 0.15) is 12.4 Å². The van der Waals surface area contributed by atoms with Crippen LogP contribution in [-0.2, 0) is 16.1 Å². The van der Waals surface area contributed by atoms with Crippen LogP contribution >= 0.6 is 15.9 Å². The number of ether oxygens (including phenoxy) is 3. The number of benzene rings is 3.